The maximum atomic E-state index is 13.9. The molecule has 10 nitrogen and oxygen atoms in total. The number of anilines is 1. The van der Waals surface area contributed by atoms with Gasteiger partial charge in [0.2, 0.25) is 11.8 Å². The summed E-state index contributed by atoms with van der Waals surface area (Å²) >= 11 is 1.58. The Hall–Kier alpha value is -3.96. The molecule has 0 bridgehead atoms. The smallest absolute Gasteiger partial charge is 0.266 e. The van der Waals surface area contributed by atoms with Gasteiger partial charge in [0.15, 0.2) is 0 Å². The third kappa shape index (κ3) is 5.14. The number of hydrogen-bond donors (Lipinski definition) is 1. The van der Waals surface area contributed by atoms with Crippen LogP contribution >= 0.6 is 11.3 Å². The first-order chi connectivity index (χ1) is 19.3. The highest BCUT2D eigenvalue weighted by Gasteiger charge is 2.34. The summed E-state index contributed by atoms with van der Waals surface area (Å²) < 4.78 is 6.06. The molecule has 11 heteroatoms. The molecule has 4 aromatic rings. The molecule has 40 heavy (non-hydrogen) atoms. The summed E-state index contributed by atoms with van der Waals surface area (Å²) in [6, 6.07) is 13.1. The van der Waals surface area contributed by atoms with Crippen LogP contribution in [-0.2, 0) is 16.8 Å². The van der Waals surface area contributed by atoms with Crippen molar-refractivity contribution in [2.24, 2.45) is 5.73 Å². The molecule has 2 aliphatic heterocycles. The van der Waals surface area contributed by atoms with Crippen LogP contribution < -0.4 is 10.6 Å². The number of aromatic nitrogens is 4. The molecule has 1 aromatic carbocycles. The number of nitrogens with two attached hydrogens (primary N) is 1. The monoisotopic (exact) mass is 557 g/mol. The van der Waals surface area contributed by atoms with Gasteiger partial charge in [-0.1, -0.05) is 30.3 Å². The fourth-order valence-electron chi connectivity index (χ4n) is 5.39. The molecule has 2 aliphatic rings. The van der Waals surface area contributed by atoms with Crippen molar-refractivity contribution < 1.29 is 14.0 Å². The Balaban J connectivity index is 1.35. The molecule has 0 aliphatic carbocycles. The van der Waals surface area contributed by atoms with E-state index in [0.29, 0.717) is 43.0 Å². The van der Waals surface area contributed by atoms with Gasteiger partial charge in [-0.25, -0.2) is 9.97 Å². The first-order valence-corrected chi connectivity index (χ1v) is 14.4. The minimum atomic E-state index is -0.914. The molecule has 2 amide bonds. The fourth-order valence-corrected chi connectivity index (χ4v) is 6.33. The molecule has 0 saturated carbocycles. The van der Waals surface area contributed by atoms with Crippen LogP contribution in [0.1, 0.15) is 71.2 Å². The van der Waals surface area contributed by atoms with E-state index in [4.69, 9.17) is 15.1 Å². The van der Waals surface area contributed by atoms with Gasteiger partial charge in [0.05, 0.1) is 11.6 Å². The molecule has 2 atom stereocenters. The Morgan fingerprint density at radius 3 is 2.70 bits per heavy atom. The molecule has 0 unspecified atom stereocenters. The van der Waals surface area contributed by atoms with Crippen LogP contribution in [0, 0.1) is 6.92 Å². The summed E-state index contributed by atoms with van der Waals surface area (Å²) in [5.41, 5.74) is 8.43. The van der Waals surface area contributed by atoms with Crippen molar-refractivity contribution in [1.29, 1.82) is 0 Å². The Kier molecular flexibility index (Phi) is 6.93. The van der Waals surface area contributed by atoms with Gasteiger partial charge in [0.25, 0.3) is 11.8 Å². The summed E-state index contributed by atoms with van der Waals surface area (Å²) in [7, 11) is 0. The zero-order valence-electron chi connectivity index (χ0n) is 22.5. The van der Waals surface area contributed by atoms with Gasteiger partial charge in [-0.05, 0) is 57.2 Å². The van der Waals surface area contributed by atoms with E-state index in [1.165, 1.54) is 0 Å². The summed E-state index contributed by atoms with van der Waals surface area (Å²) in [4.78, 5) is 39.4. The minimum absolute atomic E-state index is 0.0241. The van der Waals surface area contributed by atoms with E-state index < -0.39 is 5.54 Å². The minimum Gasteiger partial charge on any atom is -0.417 e. The number of hydrogen-bond acceptors (Lipinski definition) is 9. The molecule has 6 rings (SSSR count). The second kappa shape index (κ2) is 10.5. The number of rotatable bonds is 7. The number of carbonyl (C=O) groups excluding carboxylic acids is 2. The van der Waals surface area contributed by atoms with Crippen molar-refractivity contribution in [1.82, 2.24) is 25.1 Å². The Morgan fingerprint density at radius 1 is 1.15 bits per heavy atom. The van der Waals surface area contributed by atoms with E-state index in [1.807, 2.05) is 54.5 Å². The maximum Gasteiger partial charge on any atom is 0.266 e. The van der Waals surface area contributed by atoms with Crippen molar-refractivity contribution in [3.05, 3.63) is 75.6 Å². The van der Waals surface area contributed by atoms with Crippen LogP contribution in [0.4, 0.5) is 5.82 Å². The van der Waals surface area contributed by atoms with E-state index in [9.17, 15) is 9.59 Å². The number of likely N-dealkylation sites (tertiary alicyclic amines) is 1. The first kappa shape index (κ1) is 26.3. The average molecular weight is 558 g/mol. The van der Waals surface area contributed by atoms with E-state index in [-0.39, 0.29) is 29.6 Å². The van der Waals surface area contributed by atoms with Gasteiger partial charge in [-0.3, -0.25) is 14.5 Å². The average Bonchev–Trinajstić information content (AvgIpc) is 3.75. The zero-order chi connectivity index (χ0) is 27.9. The molecule has 3 aromatic heterocycles. The van der Waals surface area contributed by atoms with Gasteiger partial charge < -0.3 is 15.1 Å². The van der Waals surface area contributed by atoms with Gasteiger partial charge in [0.1, 0.15) is 16.5 Å². The highest BCUT2D eigenvalue weighted by Crippen LogP contribution is 2.36. The lowest BCUT2D eigenvalue weighted by molar-refractivity contribution is -0.117. The lowest BCUT2D eigenvalue weighted by Crippen LogP contribution is -2.35. The number of aryl methyl sites for hydroxylation is 1. The third-order valence-electron chi connectivity index (χ3n) is 7.39. The predicted octanol–water partition coefficient (Wildman–Crippen LogP) is 4.42. The van der Waals surface area contributed by atoms with E-state index in [2.05, 4.69) is 15.2 Å². The number of benzene rings is 1. The van der Waals surface area contributed by atoms with Crippen molar-refractivity contribution in [2.45, 2.75) is 57.5 Å². The SMILES string of the molecule is Cc1csc([C@H]2CCCN2C(=O)c2cc(-c3nnc([C@](C)(N)Cc4ccccc4)o3)nc(N3CCCC3=O)c2)n1. The Labute approximate surface area is 236 Å². The normalized spacial score (nSPS) is 18.9. The Morgan fingerprint density at radius 2 is 1.98 bits per heavy atom. The molecular weight excluding hydrogens is 526 g/mol. The predicted molar refractivity (Wildman–Crippen MR) is 151 cm³/mol. The molecule has 2 saturated heterocycles. The molecule has 5 heterocycles. The summed E-state index contributed by atoms with van der Waals surface area (Å²) in [6.45, 7) is 4.97. The summed E-state index contributed by atoms with van der Waals surface area (Å²) in [5, 5.41) is 11.4. The largest absolute Gasteiger partial charge is 0.417 e. The van der Waals surface area contributed by atoms with E-state index >= 15 is 0 Å². The number of pyridine rings is 1. The maximum absolute atomic E-state index is 13.9. The Bertz CT molecular complexity index is 1550. The second-order valence-electron chi connectivity index (χ2n) is 10.7. The van der Waals surface area contributed by atoms with Gasteiger partial charge >= 0.3 is 0 Å². The topological polar surface area (TPSA) is 131 Å². The molecule has 2 fully saturated rings. The fraction of sp³-hybridized carbons (Fsp3) is 0.379. The van der Waals surface area contributed by atoms with Gasteiger partial charge in [-0.15, -0.1) is 21.5 Å². The first-order valence-electron chi connectivity index (χ1n) is 13.5. The third-order valence-corrected chi connectivity index (χ3v) is 8.45. The highest BCUT2D eigenvalue weighted by atomic mass is 32.1. The second-order valence-corrected chi connectivity index (χ2v) is 11.6. The number of thiazole rings is 1. The zero-order valence-corrected chi connectivity index (χ0v) is 23.4. The molecule has 2 N–H and O–H groups in total. The number of amides is 2. The van der Waals surface area contributed by atoms with Crippen LogP contribution in [-0.4, -0.2) is 50.0 Å². The highest BCUT2D eigenvalue weighted by molar-refractivity contribution is 7.09. The van der Waals surface area contributed by atoms with Crippen molar-refractivity contribution >= 4 is 29.0 Å². The van der Waals surface area contributed by atoms with E-state index in [1.54, 1.807) is 28.4 Å². The summed E-state index contributed by atoms with van der Waals surface area (Å²) in [6.07, 6.45) is 3.44. The lowest BCUT2D eigenvalue weighted by Gasteiger charge is -2.24. The van der Waals surface area contributed by atoms with Crippen LogP contribution in [0.25, 0.3) is 11.6 Å². The summed E-state index contributed by atoms with van der Waals surface area (Å²) in [5.74, 6) is 0.658. The number of carbonyl (C=O) groups is 2. The van der Waals surface area contributed by atoms with Crippen LogP contribution in [0.5, 0.6) is 0 Å². The van der Waals surface area contributed by atoms with Crippen LogP contribution in [0.15, 0.2) is 52.3 Å². The molecule has 0 spiro atoms. The van der Waals surface area contributed by atoms with Crippen molar-refractivity contribution in [3.8, 4) is 11.6 Å². The quantitative estimate of drug-likeness (QED) is 0.353. The van der Waals surface area contributed by atoms with Crippen LogP contribution in [0.3, 0.4) is 0 Å². The molecular formula is C29H31N7O3S. The van der Waals surface area contributed by atoms with Crippen molar-refractivity contribution in [2.75, 3.05) is 18.0 Å². The number of nitrogens with zero attached hydrogens (tertiary/aromatic N) is 6. The molecule has 0 radical (unpaired) electrons. The van der Waals surface area contributed by atoms with Gasteiger partial charge in [0, 0.05) is 36.1 Å². The molecule has 206 valence electrons. The van der Waals surface area contributed by atoms with Gasteiger partial charge in [-0.2, -0.15) is 0 Å². The van der Waals surface area contributed by atoms with Crippen LogP contribution in [0.2, 0.25) is 0 Å². The van der Waals surface area contributed by atoms with Crippen molar-refractivity contribution in [3.63, 3.8) is 0 Å². The lowest BCUT2D eigenvalue weighted by atomic mass is 9.94. The van der Waals surface area contributed by atoms with E-state index in [0.717, 1.165) is 35.5 Å². The standard InChI is InChI=1S/C29H31N7O3S/c1-18-17-40-26(31-18)22-10-6-12-35(22)27(38)20-14-21(32-23(15-20)36-13-7-11-24(36)37)25-33-34-28(39-25)29(2,30)16-19-8-4-3-5-9-19/h3-5,8-9,14-15,17,22H,6-7,10-13,16,30H2,1-2H3/t22-,29-/m1/s1.